The van der Waals surface area contributed by atoms with Crippen LogP contribution in [0.5, 0.6) is 0 Å². The van der Waals surface area contributed by atoms with Crippen LogP contribution < -0.4 is 5.73 Å². The maximum absolute atomic E-state index is 13.3. The van der Waals surface area contributed by atoms with Crippen LogP contribution in [0.1, 0.15) is 24.5 Å². The summed E-state index contributed by atoms with van der Waals surface area (Å²) in [6, 6.07) is 2.69. The van der Waals surface area contributed by atoms with Gasteiger partial charge in [-0.15, -0.1) is 0 Å². The lowest BCUT2D eigenvalue weighted by Gasteiger charge is -2.35. The predicted molar refractivity (Wildman–Crippen MR) is 68.4 cm³/mol. The summed E-state index contributed by atoms with van der Waals surface area (Å²) in [5.41, 5.74) is 5.35. The van der Waals surface area contributed by atoms with Gasteiger partial charge in [-0.2, -0.15) is 13.2 Å². The summed E-state index contributed by atoms with van der Waals surface area (Å²) in [4.78, 5) is 1.97. The van der Waals surface area contributed by atoms with Crippen molar-refractivity contribution in [1.82, 2.24) is 4.90 Å². The van der Waals surface area contributed by atoms with E-state index < -0.39 is 17.6 Å². The van der Waals surface area contributed by atoms with Crippen molar-refractivity contribution in [3.8, 4) is 0 Å². The first kappa shape index (κ1) is 15.3. The van der Waals surface area contributed by atoms with Crippen LogP contribution >= 0.6 is 0 Å². The SMILES string of the molecule is CC1CCN(Cc2cc(F)cc(C(F)(F)F)c2)CC1N. The number of nitrogens with zero attached hydrogens (tertiary/aromatic N) is 1. The first-order chi connectivity index (χ1) is 9.25. The molecule has 112 valence electrons. The highest BCUT2D eigenvalue weighted by atomic mass is 19.4. The van der Waals surface area contributed by atoms with Gasteiger partial charge in [0.15, 0.2) is 0 Å². The summed E-state index contributed by atoms with van der Waals surface area (Å²) in [5, 5.41) is 0. The van der Waals surface area contributed by atoms with Crippen molar-refractivity contribution >= 4 is 0 Å². The number of rotatable bonds is 2. The van der Waals surface area contributed by atoms with Gasteiger partial charge in [-0.05, 0) is 42.6 Å². The lowest BCUT2D eigenvalue weighted by Crippen LogP contribution is -2.47. The minimum atomic E-state index is -4.52. The summed E-state index contributed by atoms with van der Waals surface area (Å²) >= 11 is 0. The van der Waals surface area contributed by atoms with Crippen molar-refractivity contribution in [2.75, 3.05) is 13.1 Å². The number of hydrogen-bond donors (Lipinski definition) is 1. The zero-order chi connectivity index (χ0) is 14.9. The van der Waals surface area contributed by atoms with Crippen molar-refractivity contribution in [3.63, 3.8) is 0 Å². The Bertz CT molecular complexity index is 473. The minimum absolute atomic E-state index is 0.0133. The van der Waals surface area contributed by atoms with Gasteiger partial charge >= 0.3 is 6.18 Å². The van der Waals surface area contributed by atoms with E-state index in [1.807, 2.05) is 4.90 Å². The minimum Gasteiger partial charge on any atom is -0.326 e. The molecule has 0 spiro atoms. The molecule has 0 bridgehead atoms. The molecule has 2 nitrogen and oxygen atoms in total. The molecule has 2 rings (SSSR count). The third kappa shape index (κ3) is 3.70. The lowest BCUT2D eigenvalue weighted by molar-refractivity contribution is -0.137. The van der Waals surface area contributed by atoms with Crippen LogP contribution in [0.4, 0.5) is 17.6 Å². The average molecular weight is 290 g/mol. The highest BCUT2D eigenvalue weighted by Gasteiger charge is 2.31. The molecule has 0 aromatic heterocycles. The zero-order valence-corrected chi connectivity index (χ0v) is 11.3. The molecule has 6 heteroatoms. The van der Waals surface area contributed by atoms with Gasteiger partial charge < -0.3 is 5.73 Å². The average Bonchev–Trinajstić information content (AvgIpc) is 2.32. The molecule has 1 aromatic rings. The molecule has 1 aromatic carbocycles. The Labute approximate surface area is 115 Å². The molecule has 2 atom stereocenters. The van der Waals surface area contributed by atoms with E-state index in [9.17, 15) is 17.6 Å². The van der Waals surface area contributed by atoms with Crippen LogP contribution in [0.2, 0.25) is 0 Å². The van der Waals surface area contributed by atoms with E-state index in [0.29, 0.717) is 30.6 Å². The topological polar surface area (TPSA) is 29.3 Å². The maximum atomic E-state index is 13.3. The summed E-state index contributed by atoms with van der Waals surface area (Å²) in [7, 11) is 0. The van der Waals surface area contributed by atoms with E-state index in [1.54, 1.807) is 0 Å². The smallest absolute Gasteiger partial charge is 0.326 e. The van der Waals surface area contributed by atoms with Crippen molar-refractivity contribution in [3.05, 3.63) is 35.1 Å². The Hall–Kier alpha value is -1.14. The maximum Gasteiger partial charge on any atom is 0.416 e. The number of nitrogens with two attached hydrogens (primary N) is 1. The molecule has 1 heterocycles. The van der Waals surface area contributed by atoms with Crippen LogP contribution in [-0.4, -0.2) is 24.0 Å². The van der Waals surface area contributed by atoms with Crippen LogP contribution in [0.3, 0.4) is 0 Å². The predicted octanol–water partition coefficient (Wildman–Crippen LogP) is 3.01. The molecule has 1 aliphatic rings. The molecule has 1 aliphatic heterocycles. The van der Waals surface area contributed by atoms with E-state index in [4.69, 9.17) is 5.73 Å². The number of likely N-dealkylation sites (tertiary alicyclic amines) is 1. The van der Waals surface area contributed by atoms with E-state index in [1.165, 1.54) is 0 Å². The van der Waals surface area contributed by atoms with Crippen LogP contribution in [0, 0.1) is 11.7 Å². The molecular formula is C14H18F4N2. The monoisotopic (exact) mass is 290 g/mol. The van der Waals surface area contributed by atoms with Crippen molar-refractivity contribution in [1.29, 1.82) is 0 Å². The highest BCUT2D eigenvalue weighted by Crippen LogP contribution is 2.31. The highest BCUT2D eigenvalue weighted by molar-refractivity contribution is 5.26. The summed E-state index contributed by atoms with van der Waals surface area (Å²) in [6.45, 7) is 3.75. The number of piperidine rings is 1. The van der Waals surface area contributed by atoms with Crippen LogP contribution in [-0.2, 0) is 12.7 Å². The normalized spacial score (nSPS) is 24.9. The first-order valence-corrected chi connectivity index (χ1v) is 6.60. The van der Waals surface area contributed by atoms with E-state index in [0.717, 1.165) is 25.1 Å². The van der Waals surface area contributed by atoms with Gasteiger partial charge in [0, 0.05) is 19.1 Å². The molecule has 2 unspecified atom stereocenters. The second-order valence-electron chi connectivity index (χ2n) is 5.51. The van der Waals surface area contributed by atoms with Gasteiger partial charge in [-0.25, -0.2) is 4.39 Å². The number of alkyl halides is 3. The molecule has 0 saturated carbocycles. The van der Waals surface area contributed by atoms with Crippen molar-refractivity contribution in [2.24, 2.45) is 11.7 Å². The van der Waals surface area contributed by atoms with Gasteiger partial charge in [0.05, 0.1) is 5.56 Å². The van der Waals surface area contributed by atoms with Gasteiger partial charge in [0.25, 0.3) is 0 Å². The van der Waals surface area contributed by atoms with Crippen LogP contribution in [0.25, 0.3) is 0 Å². The van der Waals surface area contributed by atoms with E-state index >= 15 is 0 Å². The first-order valence-electron chi connectivity index (χ1n) is 6.60. The lowest BCUT2D eigenvalue weighted by atomic mass is 9.94. The Balaban J connectivity index is 2.12. The molecule has 20 heavy (non-hydrogen) atoms. The fourth-order valence-corrected chi connectivity index (χ4v) is 2.48. The van der Waals surface area contributed by atoms with Crippen molar-refractivity contribution in [2.45, 2.75) is 32.1 Å². The Morgan fingerprint density at radius 2 is 2.00 bits per heavy atom. The fraction of sp³-hybridized carbons (Fsp3) is 0.571. The zero-order valence-electron chi connectivity index (χ0n) is 11.3. The summed E-state index contributed by atoms with van der Waals surface area (Å²) in [5.74, 6) is -0.450. The third-order valence-corrected chi connectivity index (χ3v) is 3.79. The molecule has 0 amide bonds. The molecule has 1 saturated heterocycles. The molecule has 0 radical (unpaired) electrons. The summed E-state index contributed by atoms with van der Waals surface area (Å²) in [6.07, 6.45) is -3.62. The van der Waals surface area contributed by atoms with Gasteiger partial charge in [0.1, 0.15) is 5.82 Å². The molecule has 1 fully saturated rings. The quantitative estimate of drug-likeness (QED) is 0.848. The number of hydrogen-bond acceptors (Lipinski definition) is 2. The fourth-order valence-electron chi connectivity index (χ4n) is 2.48. The van der Waals surface area contributed by atoms with Crippen LogP contribution in [0.15, 0.2) is 18.2 Å². The molecular weight excluding hydrogens is 272 g/mol. The second-order valence-corrected chi connectivity index (χ2v) is 5.51. The number of benzene rings is 1. The third-order valence-electron chi connectivity index (χ3n) is 3.79. The Morgan fingerprint density at radius 1 is 1.30 bits per heavy atom. The number of halogens is 4. The van der Waals surface area contributed by atoms with E-state index in [2.05, 4.69) is 6.92 Å². The largest absolute Gasteiger partial charge is 0.416 e. The standard InChI is InChI=1S/C14H18F4N2/c1-9-2-3-20(8-13(9)19)7-10-4-11(14(16,17)18)6-12(15)5-10/h4-6,9,13H,2-3,7-8,19H2,1H3. The molecule has 0 aliphatic carbocycles. The van der Waals surface area contributed by atoms with Crippen molar-refractivity contribution < 1.29 is 17.6 Å². The van der Waals surface area contributed by atoms with Gasteiger partial charge in [-0.3, -0.25) is 4.90 Å². The molecule has 2 N–H and O–H groups in total. The van der Waals surface area contributed by atoms with Gasteiger partial charge in [0.2, 0.25) is 0 Å². The Kier molecular flexibility index (Phi) is 4.34. The van der Waals surface area contributed by atoms with Gasteiger partial charge in [-0.1, -0.05) is 6.92 Å². The Morgan fingerprint density at radius 3 is 2.60 bits per heavy atom. The van der Waals surface area contributed by atoms with E-state index in [-0.39, 0.29) is 6.04 Å². The second kappa shape index (κ2) is 5.69. The summed E-state index contributed by atoms with van der Waals surface area (Å²) < 4.78 is 51.2.